The van der Waals surface area contributed by atoms with Gasteiger partial charge in [-0.25, -0.2) is 0 Å². The quantitative estimate of drug-likeness (QED) is 0.0872. The van der Waals surface area contributed by atoms with E-state index in [1.807, 2.05) is 0 Å². The molecule has 0 fully saturated rings. The molecule has 0 atom stereocenters. The molecule has 1 aliphatic carbocycles. The predicted octanol–water partition coefficient (Wildman–Crippen LogP) is 12.4. The smallest absolute Gasteiger partial charge is 0.00142 e. The molecule has 1 aliphatic rings. The number of hydrogen-bond donors (Lipinski definition) is 0. The minimum absolute atomic E-state index is 1.20. The fourth-order valence-electron chi connectivity index (χ4n) is 6.78. The zero-order valence-corrected chi connectivity index (χ0v) is 23.9. The molecule has 0 radical (unpaired) electrons. The van der Waals surface area contributed by atoms with Crippen LogP contribution in [-0.4, -0.2) is 0 Å². The summed E-state index contributed by atoms with van der Waals surface area (Å²) in [5.41, 5.74) is 7.18. The van der Waals surface area contributed by atoms with Crippen molar-refractivity contribution in [3.05, 3.63) is 72.3 Å². The summed E-state index contributed by atoms with van der Waals surface area (Å²) in [7, 11) is 0. The van der Waals surface area contributed by atoms with E-state index in [-0.39, 0.29) is 0 Å². The molecule has 0 N–H and O–H groups in total. The minimum atomic E-state index is 1.20. The van der Waals surface area contributed by atoms with Crippen LogP contribution >= 0.6 is 0 Å². The Labute approximate surface area is 231 Å². The Morgan fingerprint density at radius 1 is 0.447 bits per heavy atom. The van der Waals surface area contributed by atoms with E-state index >= 15 is 0 Å². The number of unbranched alkanes of at least 4 members (excludes halogenated alkanes) is 15. The molecule has 200 valence electrons. The molecule has 0 aliphatic heterocycles. The number of aryl methyl sites for hydroxylation is 1. The van der Waals surface area contributed by atoms with Gasteiger partial charge < -0.3 is 0 Å². The van der Waals surface area contributed by atoms with Crippen LogP contribution < -0.4 is 0 Å². The molecule has 4 aromatic carbocycles. The van der Waals surface area contributed by atoms with Crippen molar-refractivity contribution in [3.63, 3.8) is 0 Å². The molecule has 0 heteroatoms. The molecule has 0 spiro atoms. The van der Waals surface area contributed by atoms with Crippen molar-refractivity contribution in [2.75, 3.05) is 0 Å². The van der Waals surface area contributed by atoms with Gasteiger partial charge in [-0.05, 0) is 68.3 Å². The lowest BCUT2D eigenvalue weighted by Gasteiger charge is -2.12. The summed E-state index contributed by atoms with van der Waals surface area (Å²) in [6.07, 6.45) is 24.0. The fraction of sp³-hybridized carbons (Fsp3) is 0.474. The Balaban J connectivity index is 1.05. The number of fused-ring (bicyclic) bond motifs is 5. The second-order valence-electron chi connectivity index (χ2n) is 11.8. The van der Waals surface area contributed by atoms with E-state index in [1.165, 1.54) is 159 Å². The topological polar surface area (TPSA) is 0 Å². The Morgan fingerprint density at radius 2 is 1.00 bits per heavy atom. The van der Waals surface area contributed by atoms with Crippen molar-refractivity contribution in [1.82, 2.24) is 0 Å². The summed E-state index contributed by atoms with van der Waals surface area (Å²) in [6.45, 7) is 2.30. The van der Waals surface area contributed by atoms with Crippen LogP contribution in [-0.2, 0) is 6.42 Å². The summed E-state index contributed by atoms with van der Waals surface area (Å²) in [4.78, 5) is 0. The first-order valence-corrected chi connectivity index (χ1v) is 16.0. The maximum absolute atomic E-state index is 2.46. The summed E-state index contributed by atoms with van der Waals surface area (Å²) in [5.74, 6) is 0. The van der Waals surface area contributed by atoms with Gasteiger partial charge in [-0.2, -0.15) is 0 Å². The summed E-state index contributed by atoms with van der Waals surface area (Å²) in [6, 6.07) is 25.3. The van der Waals surface area contributed by atoms with Crippen LogP contribution in [0, 0.1) is 0 Å². The Bertz CT molecular complexity index is 1310. The van der Waals surface area contributed by atoms with Crippen LogP contribution in [0.3, 0.4) is 0 Å². The molecule has 0 nitrogen and oxygen atoms in total. The van der Waals surface area contributed by atoms with E-state index in [1.54, 1.807) is 0 Å². The summed E-state index contributed by atoms with van der Waals surface area (Å²) >= 11 is 0. The average molecular weight is 505 g/mol. The molecule has 0 bridgehead atoms. The van der Waals surface area contributed by atoms with Gasteiger partial charge in [0.1, 0.15) is 0 Å². The van der Waals surface area contributed by atoms with E-state index in [0.717, 1.165) is 0 Å². The second kappa shape index (κ2) is 14.0. The molecule has 0 unspecified atom stereocenters. The highest BCUT2D eigenvalue weighted by Crippen LogP contribution is 2.50. The van der Waals surface area contributed by atoms with Gasteiger partial charge in [-0.3, -0.25) is 0 Å². The third-order valence-corrected chi connectivity index (χ3v) is 8.90. The highest BCUT2D eigenvalue weighted by Gasteiger charge is 2.23. The lowest BCUT2D eigenvalue weighted by molar-refractivity contribution is 0.529. The van der Waals surface area contributed by atoms with Crippen LogP contribution in [0.15, 0.2) is 66.7 Å². The molecule has 5 rings (SSSR count). The number of rotatable bonds is 17. The van der Waals surface area contributed by atoms with Crippen LogP contribution in [0.2, 0.25) is 0 Å². The molecule has 0 amide bonds. The lowest BCUT2D eigenvalue weighted by atomic mass is 9.91. The normalized spacial score (nSPS) is 12.0. The number of hydrogen-bond acceptors (Lipinski definition) is 0. The molecule has 0 saturated heterocycles. The van der Waals surface area contributed by atoms with Crippen LogP contribution in [0.25, 0.3) is 43.8 Å². The van der Waals surface area contributed by atoms with Gasteiger partial charge in [0.05, 0.1) is 0 Å². The van der Waals surface area contributed by atoms with Crippen molar-refractivity contribution in [2.24, 2.45) is 0 Å². The summed E-state index contributed by atoms with van der Waals surface area (Å²) in [5, 5.41) is 5.73. The Hall–Kier alpha value is -2.60. The van der Waals surface area contributed by atoms with Gasteiger partial charge in [0.25, 0.3) is 0 Å². The van der Waals surface area contributed by atoms with E-state index in [0.29, 0.717) is 0 Å². The van der Waals surface area contributed by atoms with Crippen LogP contribution in [0.4, 0.5) is 0 Å². The first-order valence-electron chi connectivity index (χ1n) is 16.0. The molecule has 0 heterocycles. The second-order valence-corrected chi connectivity index (χ2v) is 11.8. The molecule has 0 saturated carbocycles. The van der Waals surface area contributed by atoms with Crippen LogP contribution in [0.1, 0.15) is 115 Å². The van der Waals surface area contributed by atoms with Gasteiger partial charge in [-0.15, -0.1) is 0 Å². The molecule has 4 aromatic rings. The Morgan fingerprint density at radius 3 is 1.66 bits per heavy atom. The zero-order valence-electron chi connectivity index (χ0n) is 23.9. The summed E-state index contributed by atoms with van der Waals surface area (Å²) < 4.78 is 0. The maximum atomic E-state index is 2.46. The minimum Gasteiger partial charge on any atom is -0.0654 e. The van der Waals surface area contributed by atoms with Gasteiger partial charge in [0, 0.05) is 0 Å². The molecular weight excluding hydrogens is 456 g/mol. The predicted molar refractivity (Wildman–Crippen MR) is 169 cm³/mol. The van der Waals surface area contributed by atoms with Gasteiger partial charge in [0.15, 0.2) is 0 Å². The third-order valence-electron chi connectivity index (χ3n) is 8.90. The standard InChI is InChI=1S/C38H48/c1-2-3-4-5-6-7-8-9-10-11-12-13-14-15-16-17-22-30-23-20-28-35-36(30)29-31-24-21-27-33-32-25-18-19-26-34(32)38(35)37(31)33/h18-21,23-29H,2-17,22H2,1H3. The Kier molecular flexibility index (Phi) is 9.93. The van der Waals surface area contributed by atoms with Crippen molar-refractivity contribution in [3.8, 4) is 22.3 Å². The number of benzene rings is 4. The van der Waals surface area contributed by atoms with Gasteiger partial charge in [0.2, 0.25) is 0 Å². The van der Waals surface area contributed by atoms with Crippen molar-refractivity contribution >= 4 is 21.5 Å². The first kappa shape index (κ1) is 27.0. The molecular formula is C38H48. The van der Waals surface area contributed by atoms with Crippen molar-refractivity contribution in [2.45, 2.75) is 116 Å². The zero-order chi connectivity index (χ0) is 26.0. The fourth-order valence-corrected chi connectivity index (χ4v) is 6.78. The highest BCUT2D eigenvalue weighted by atomic mass is 14.3. The largest absolute Gasteiger partial charge is 0.0654 e. The van der Waals surface area contributed by atoms with E-state index < -0.39 is 0 Å². The van der Waals surface area contributed by atoms with E-state index in [2.05, 4.69) is 73.7 Å². The van der Waals surface area contributed by atoms with Crippen molar-refractivity contribution < 1.29 is 0 Å². The third kappa shape index (κ3) is 6.33. The van der Waals surface area contributed by atoms with E-state index in [4.69, 9.17) is 0 Å². The molecule has 38 heavy (non-hydrogen) atoms. The molecule has 0 aromatic heterocycles. The van der Waals surface area contributed by atoms with Crippen molar-refractivity contribution in [1.29, 1.82) is 0 Å². The van der Waals surface area contributed by atoms with Crippen LogP contribution in [0.5, 0.6) is 0 Å². The average Bonchev–Trinajstić information content (AvgIpc) is 3.29. The lowest BCUT2D eigenvalue weighted by Crippen LogP contribution is -1.90. The highest BCUT2D eigenvalue weighted by molar-refractivity contribution is 6.24. The monoisotopic (exact) mass is 504 g/mol. The first-order chi connectivity index (χ1) is 18.9. The van der Waals surface area contributed by atoms with Gasteiger partial charge in [-0.1, -0.05) is 164 Å². The van der Waals surface area contributed by atoms with Gasteiger partial charge >= 0.3 is 0 Å². The SMILES string of the molecule is CCCCCCCCCCCCCCCCCCc1cccc2c3c4c(cccc4cc12)-c1ccccc1-3. The maximum Gasteiger partial charge on any atom is -0.00142 e. The van der Waals surface area contributed by atoms with E-state index in [9.17, 15) is 0 Å².